The minimum Gasteiger partial charge on any atom is -0.465 e. The van der Waals surface area contributed by atoms with Crippen molar-refractivity contribution in [2.24, 2.45) is 0 Å². The van der Waals surface area contributed by atoms with E-state index in [0.29, 0.717) is 6.61 Å². The highest BCUT2D eigenvalue weighted by Gasteiger charge is 2.14. The quantitative estimate of drug-likeness (QED) is 0.592. The highest BCUT2D eigenvalue weighted by molar-refractivity contribution is 9.10. The minimum absolute atomic E-state index is 0.157. The second-order valence-electron chi connectivity index (χ2n) is 3.60. The number of rotatable bonds is 6. The molecule has 3 heteroatoms. The van der Waals surface area contributed by atoms with Crippen molar-refractivity contribution in [3.05, 3.63) is 35.9 Å². The number of carbonyl (C=O) groups is 1. The summed E-state index contributed by atoms with van der Waals surface area (Å²) >= 11 is 3.34. The lowest BCUT2D eigenvalue weighted by molar-refractivity contribution is -0.142. The molecule has 0 unspecified atom stereocenters. The first-order chi connectivity index (χ1) is 7.74. The molecule has 1 aromatic rings. The molecule has 2 nitrogen and oxygen atoms in total. The van der Waals surface area contributed by atoms with Gasteiger partial charge < -0.3 is 4.74 Å². The number of benzene rings is 1. The van der Waals surface area contributed by atoms with Crippen molar-refractivity contribution >= 4 is 21.9 Å². The molecule has 0 radical (unpaired) electrons. The average molecular weight is 285 g/mol. The van der Waals surface area contributed by atoms with Crippen LogP contribution in [0.25, 0.3) is 0 Å². The van der Waals surface area contributed by atoms with Crippen LogP contribution in [0, 0.1) is 0 Å². The zero-order valence-electron chi connectivity index (χ0n) is 9.49. The normalized spacial score (nSPS) is 12.1. The van der Waals surface area contributed by atoms with Gasteiger partial charge >= 0.3 is 5.97 Å². The number of ether oxygens (including phenoxy) is 1. The molecule has 16 heavy (non-hydrogen) atoms. The van der Waals surface area contributed by atoms with E-state index in [1.54, 1.807) is 0 Å². The minimum atomic E-state index is -0.170. The summed E-state index contributed by atoms with van der Waals surface area (Å²) in [6.07, 6.45) is 2.80. The summed E-state index contributed by atoms with van der Waals surface area (Å²) in [6, 6.07) is 10.3. The number of esters is 1. The van der Waals surface area contributed by atoms with Crippen LogP contribution in [0.2, 0.25) is 0 Å². The molecule has 0 aliphatic rings. The van der Waals surface area contributed by atoms with Gasteiger partial charge in [0, 0.05) is 0 Å². The molecule has 1 rings (SSSR count). The number of aryl methyl sites for hydroxylation is 1. The van der Waals surface area contributed by atoms with Crippen molar-refractivity contribution in [2.45, 2.75) is 31.0 Å². The SMILES string of the molecule is CCOC(=O)[C@@H](Br)CCCc1ccccc1. The third kappa shape index (κ3) is 4.79. The van der Waals surface area contributed by atoms with Crippen molar-refractivity contribution in [1.29, 1.82) is 0 Å². The Morgan fingerprint density at radius 1 is 1.38 bits per heavy atom. The lowest BCUT2D eigenvalue weighted by Gasteiger charge is -2.08. The van der Waals surface area contributed by atoms with Gasteiger partial charge in [-0.2, -0.15) is 0 Å². The van der Waals surface area contributed by atoms with Gasteiger partial charge in [-0.3, -0.25) is 4.79 Å². The first kappa shape index (κ1) is 13.2. The Hall–Kier alpha value is -0.830. The summed E-state index contributed by atoms with van der Waals surface area (Å²) in [5, 5.41) is 0. The first-order valence-corrected chi connectivity index (χ1v) is 6.50. The van der Waals surface area contributed by atoms with Crippen LogP contribution < -0.4 is 0 Å². The molecule has 0 spiro atoms. The molecule has 0 aliphatic carbocycles. The first-order valence-electron chi connectivity index (χ1n) is 5.58. The van der Waals surface area contributed by atoms with E-state index in [-0.39, 0.29) is 10.8 Å². The molecule has 0 bridgehead atoms. The van der Waals surface area contributed by atoms with E-state index in [9.17, 15) is 4.79 Å². The summed E-state index contributed by atoms with van der Waals surface area (Å²) in [5.41, 5.74) is 1.31. The molecule has 0 heterocycles. The smallest absolute Gasteiger partial charge is 0.319 e. The van der Waals surface area contributed by atoms with Crippen molar-refractivity contribution in [1.82, 2.24) is 0 Å². The average Bonchev–Trinajstić information content (AvgIpc) is 2.30. The molecule has 0 aliphatic heterocycles. The predicted octanol–water partition coefficient (Wildman–Crippen LogP) is 3.34. The van der Waals surface area contributed by atoms with Gasteiger partial charge in [0.1, 0.15) is 4.83 Å². The lowest BCUT2D eigenvalue weighted by Crippen LogP contribution is -2.17. The number of alkyl halides is 1. The van der Waals surface area contributed by atoms with Crippen LogP contribution in [-0.2, 0) is 16.0 Å². The molecule has 0 saturated heterocycles. The summed E-state index contributed by atoms with van der Waals surface area (Å²) in [4.78, 5) is 11.1. The Labute approximate surface area is 105 Å². The van der Waals surface area contributed by atoms with Gasteiger partial charge in [-0.25, -0.2) is 0 Å². The molecule has 0 saturated carbocycles. The standard InChI is InChI=1S/C13H17BrO2/c1-2-16-13(15)12(14)10-6-9-11-7-4-3-5-8-11/h3-5,7-8,12H,2,6,9-10H2,1H3/t12-/m0/s1. The molecule has 1 atom stereocenters. The van der Waals surface area contributed by atoms with E-state index in [0.717, 1.165) is 19.3 Å². The fourth-order valence-corrected chi connectivity index (χ4v) is 1.94. The van der Waals surface area contributed by atoms with E-state index >= 15 is 0 Å². The van der Waals surface area contributed by atoms with E-state index in [2.05, 4.69) is 28.1 Å². The van der Waals surface area contributed by atoms with Crippen LogP contribution in [0.3, 0.4) is 0 Å². The van der Waals surface area contributed by atoms with Crippen molar-refractivity contribution in [3.8, 4) is 0 Å². The largest absolute Gasteiger partial charge is 0.465 e. The van der Waals surface area contributed by atoms with Crippen molar-refractivity contribution < 1.29 is 9.53 Å². The lowest BCUT2D eigenvalue weighted by atomic mass is 10.1. The van der Waals surface area contributed by atoms with Crippen LogP contribution in [0.15, 0.2) is 30.3 Å². The van der Waals surface area contributed by atoms with E-state index in [1.165, 1.54) is 5.56 Å². The summed E-state index contributed by atoms with van der Waals surface area (Å²) in [7, 11) is 0. The number of hydrogen-bond donors (Lipinski definition) is 0. The third-order valence-corrected chi connectivity index (χ3v) is 3.14. The fourth-order valence-electron chi connectivity index (χ4n) is 1.48. The van der Waals surface area contributed by atoms with Gasteiger partial charge in [0.15, 0.2) is 0 Å². The summed E-state index contributed by atoms with van der Waals surface area (Å²) in [5.74, 6) is -0.157. The van der Waals surface area contributed by atoms with Gasteiger partial charge in [0.2, 0.25) is 0 Å². The Bertz CT molecular complexity index is 311. The molecule has 88 valence electrons. The van der Waals surface area contributed by atoms with Gasteiger partial charge in [-0.1, -0.05) is 46.3 Å². The Balaban J connectivity index is 2.23. The Kier molecular flexibility index (Phi) is 6.16. The van der Waals surface area contributed by atoms with Gasteiger partial charge in [-0.15, -0.1) is 0 Å². The number of carbonyl (C=O) groups excluding carboxylic acids is 1. The second kappa shape index (κ2) is 7.44. The number of hydrogen-bond acceptors (Lipinski definition) is 2. The van der Waals surface area contributed by atoms with E-state index < -0.39 is 0 Å². The zero-order valence-corrected chi connectivity index (χ0v) is 11.1. The maximum atomic E-state index is 11.3. The predicted molar refractivity (Wildman–Crippen MR) is 68.7 cm³/mol. The van der Waals surface area contributed by atoms with Crippen molar-refractivity contribution in [3.63, 3.8) is 0 Å². The zero-order chi connectivity index (χ0) is 11.8. The maximum Gasteiger partial charge on any atom is 0.319 e. The van der Waals surface area contributed by atoms with Crippen LogP contribution in [-0.4, -0.2) is 17.4 Å². The topological polar surface area (TPSA) is 26.3 Å². The Morgan fingerprint density at radius 3 is 2.69 bits per heavy atom. The van der Waals surface area contributed by atoms with E-state index in [4.69, 9.17) is 4.74 Å². The molecule has 0 fully saturated rings. The van der Waals surface area contributed by atoms with Gasteiger partial charge in [0.05, 0.1) is 6.61 Å². The summed E-state index contributed by atoms with van der Waals surface area (Å²) in [6.45, 7) is 2.27. The number of halogens is 1. The van der Waals surface area contributed by atoms with Crippen LogP contribution in [0.1, 0.15) is 25.3 Å². The molecule has 0 N–H and O–H groups in total. The molecule has 0 amide bonds. The molecule has 1 aromatic carbocycles. The van der Waals surface area contributed by atoms with Gasteiger partial charge in [0.25, 0.3) is 0 Å². The Morgan fingerprint density at radius 2 is 2.06 bits per heavy atom. The third-order valence-electron chi connectivity index (χ3n) is 2.31. The maximum absolute atomic E-state index is 11.3. The van der Waals surface area contributed by atoms with Crippen LogP contribution in [0.4, 0.5) is 0 Å². The van der Waals surface area contributed by atoms with Gasteiger partial charge in [-0.05, 0) is 31.7 Å². The highest BCUT2D eigenvalue weighted by Crippen LogP contribution is 2.13. The van der Waals surface area contributed by atoms with Crippen LogP contribution in [0.5, 0.6) is 0 Å². The second-order valence-corrected chi connectivity index (χ2v) is 4.70. The van der Waals surface area contributed by atoms with Crippen molar-refractivity contribution in [2.75, 3.05) is 6.61 Å². The fraction of sp³-hybridized carbons (Fsp3) is 0.462. The molecular weight excluding hydrogens is 268 g/mol. The monoisotopic (exact) mass is 284 g/mol. The highest BCUT2D eigenvalue weighted by atomic mass is 79.9. The molecule has 0 aromatic heterocycles. The van der Waals surface area contributed by atoms with E-state index in [1.807, 2.05) is 25.1 Å². The molecular formula is C13H17BrO2. The van der Waals surface area contributed by atoms with Crippen LogP contribution >= 0.6 is 15.9 Å². The summed E-state index contributed by atoms with van der Waals surface area (Å²) < 4.78 is 4.92.